The first-order valence-corrected chi connectivity index (χ1v) is 5.48. The number of aliphatic hydroxyl groups is 1. The van der Waals surface area contributed by atoms with Crippen molar-refractivity contribution in [1.29, 1.82) is 0 Å². The van der Waals surface area contributed by atoms with Crippen molar-refractivity contribution in [3.05, 3.63) is 0 Å². The molecule has 1 N–H and O–H groups in total. The molecule has 1 nitrogen and oxygen atoms in total. The maximum Gasteiger partial charge on any atom is 0.0577 e. The summed E-state index contributed by atoms with van der Waals surface area (Å²) in [7, 11) is 0. The van der Waals surface area contributed by atoms with Crippen molar-refractivity contribution in [1.82, 2.24) is 0 Å². The van der Waals surface area contributed by atoms with E-state index in [4.69, 9.17) is 6.42 Å². The summed E-state index contributed by atoms with van der Waals surface area (Å²) in [5.41, 5.74) is 0.322. The summed E-state index contributed by atoms with van der Waals surface area (Å²) in [4.78, 5) is 0. The van der Waals surface area contributed by atoms with Gasteiger partial charge in [-0.25, -0.2) is 0 Å². The van der Waals surface area contributed by atoms with Crippen molar-refractivity contribution in [2.24, 2.45) is 46.8 Å². The normalized spacial score (nSPS) is 83.7. The van der Waals surface area contributed by atoms with Crippen LogP contribution < -0.4 is 0 Å². The summed E-state index contributed by atoms with van der Waals surface area (Å²) in [5, 5.41) is 9.95. The van der Waals surface area contributed by atoms with Crippen LogP contribution >= 0.6 is 0 Å². The summed E-state index contributed by atoms with van der Waals surface area (Å²) in [5.74, 6) is 8.85. The van der Waals surface area contributed by atoms with Gasteiger partial charge in [-0.05, 0) is 47.8 Å². The van der Waals surface area contributed by atoms with Gasteiger partial charge in [-0.2, -0.15) is 0 Å². The molecule has 0 aromatic heterocycles. The quantitative estimate of drug-likeness (QED) is 0.534. The summed E-state index contributed by atoms with van der Waals surface area (Å²) >= 11 is 0. The Bertz CT molecular complexity index is 377. The number of fused-ring (bicyclic) bond motifs is 1. The first kappa shape index (κ1) is 6.09. The molecule has 0 aromatic carbocycles. The Morgan fingerprint density at radius 3 is 2.54 bits per heavy atom. The molecule has 13 heavy (non-hydrogen) atoms. The lowest BCUT2D eigenvalue weighted by molar-refractivity contribution is -0.0127. The van der Waals surface area contributed by atoms with Crippen LogP contribution in [0.25, 0.3) is 0 Å². The van der Waals surface area contributed by atoms with Crippen LogP contribution in [-0.2, 0) is 0 Å². The lowest BCUT2D eigenvalue weighted by Crippen LogP contribution is -2.39. The van der Waals surface area contributed by atoms with Crippen molar-refractivity contribution < 1.29 is 5.11 Å². The monoisotopic (exact) mass is 172 g/mol. The predicted octanol–water partition coefficient (Wildman–Crippen LogP) is 0.738. The van der Waals surface area contributed by atoms with E-state index < -0.39 is 0 Å². The molecule has 0 spiro atoms. The minimum atomic E-state index is 0.00947. The molecule has 0 aromatic rings. The highest BCUT2D eigenvalue weighted by molar-refractivity contribution is 5.48. The third-order valence-electron chi connectivity index (χ3n) is 6.09. The minimum absolute atomic E-state index is 0.00947. The van der Waals surface area contributed by atoms with Crippen LogP contribution in [0.15, 0.2) is 0 Å². The van der Waals surface area contributed by atoms with E-state index in [-0.39, 0.29) is 6.10 Å². The fourth-order valence-corrected chi connectivity index (χ4v) is 6.13. The van der Waals surface area contributed by atoms with Gasteiger partial charge < -0.3 is 5.11 Å². The molecule has 6 fully saturated rings. The van der Waals surface area contributed by atoms with Crippen LogP contribution in [0.3, 0.4) is 0 Å². The fourth-order valence-electron chi connectivity index (χ4n) is 6.13. The topological polar surface area (TPSA) is 20.2 Å². The molecular weight excluding hydrogens is 160 g/mol. The van der Waals surface area contributed by atoms with Crippen LogP contribution in [0.1, 0.15) is 6.42 Å². The van der Waals surface area contributed by atoms with Crippen LogP contribution in [0.2, 0.25) is 0 Å². The van der Waals surface area contributed by atoms with Crippen LogP contribution in [-0.4, -0.2) is 11.2 Å². The molecule has 0 heterocycles. The third kappa shape index (κ3) is 0.327. The summed E-state index contributed by atoms with van der Waals surface area (Å²) < 4.78 is 0. The number of hydrogen-bond acceptors (Lipinski definition) is 1. The van der Waals surface area contributed by atoms with Crippen LogP contribution in [0.4, 0.5) is 0 Å². The summed E-state index contributed by atoms with van der Waals surface area (Å²) in [6.07, 6.45) is 6.80. The molecule has 0 radical (unpaired) electrons. The Morgan fingerprint density at radius 2 is 2.00 bits per heavy atom. The van der Waals surface area contributed by atoms with E-state index >= 15 is 0 Å². The van der Waals surface area contributed by atoms with Crippen molar-refractivity contribution in [2.45, 2.75) is 12.5 Å². The molecule has 1 heteroatoms. The Balaban J connectivity index is 1.81. The van der Waals surface area contributed by atoms with Gasteiger partial charge in [0.2, 0.25) is 0 Å². The molecule has 6 aliphatic carbocycles. The molecule has 0 amide bonds. The maximum atomic E-state index is 9.95. The Morgan fingerprint density at radius 1 is 1.15 bits per heavy atom. The van der Waals surface area contributed by atoms with Crippen molar-refractivity contribution >= 4 is 0 Å². The first-order chi connectivity index (χ1) is 6.32. The molecule has 0 aliphatic heterocycles. The molecule has 0 saturated heterocycles. The third-order valence-corrected chi connectivity index (χ3v) is 6.09. The molecular formula is C12H12O. The average molecular weight is 172 g/mol. The van der Waals surface area contributed by atoms with E-state index in [1.807, 2.05) is 0 Å². The number of rotatable bonds is 0. The molecule has 6 rings (SSSR count). The van der Waals surface area contributed by atoms with E-state index in [0.29, 0.717) is 11.3 Å². The van der Waals surface area contributed by atoms with Crippen LogP contribution in [0, 0.1) is 59.2 Å². The zero-order chi connectivity index (χ0) is 8.53. The molecule has 66 valence electrons. The second kappa shape index (κ2) is 1.28. The second-order valence-corrected chi connectivity index (χ2v) is 5.85. The van der Waals surface area contributed by atoms with Crippen LogP contribution in [0.5, 0.6) is 0 Å². The highest BCUT2D eigenvalue weighted by atomic mass is 16.3. The Labute approximate surface area is 77.5 Å². The van der Waals surface area contributed by atoms with Gasteiger partial charge in [0.25, 0.3) is 0 Å². The first-order valence-electron chi connectivity index (χ1n) is 5.48. The van der Waals surface area contributed by atoms with Crippen molar-refractivity contribution in [3.8, 4) is 12.3 Å². The zero-order valence-corrected chi connectivity index (χ0v) is 7.35. The van der Waals surface area contributed by atoms with Crippen molar-refractivity contribution in [3.63, 3.8) is 0 Å². The molecule has 6 aliphatic rings. The SMILES string of the molecule is C#C[C@@]12[C@H]3[C@@H]4[C@H]3[C@H]3C[C@@H](O)[C@H]4[C@@H]1[C@H]32. The number of terminal acetylenes is 1. The predicted molar refractivity (Wildman–Crippen MR) is 46.3 cm³/mol. The van der Waals surface area contributed by atoms with Crippen molar-refractivity contribution in [2.75, 3.05) is 0 Å². The average Bonchev–Trinajstić information content (AvgIpc) is 2.94. The molecule has 9 atom stereocenters. The summed E-state index contributed by atoms with van der Waals surface area (Å²) in [6, 6.07) is 0. The lowest BCUT2D eigenvalue weighted by Gasteiger charge is -2.38. The van der Waals surface area contributed by atoms with E-state index in [1.54, 1.807) is 0 Å². The highest BCUT2D eigenvalue weighted by Crippen LogP contribution is 2.96. The van der Waals surface area contributed by atoms with E-state index in [0.717, 1.165) is 41.9 Å². The van der Waals surface area contributed by atoms with Gasteiger partial charge >= 0.3 is 0 Å². The maximum absolute atomic E-state index is 9.95. The summed E-state index contributed by atoms with van der Waals surface area (Å²) in [6.45, 7) is 0. The van der Waals surface area contributed by atoms with Gasteiger partial charge in [-0.1, -0.05) is 5.92 Å². The zero-order valence-electron chi connectivity index (χ0n) is 7.35. The molecule has 6 saturated carbocycles. The number of hydrogen-bond donors (Lipinski definition) is 1. The van der Waals surface area contributed by atoms with E-state index in [1.165, 1.54) is 0 Å². The minimum Gasteiger partial charge on any atom is -0.393 e. The Kier molecular flexibility index (Phi) is 0.601. The van der Waals surface area contributed by atoms with Gasteiger partial charge in [-0.15, -0.1) is 6.42 Å². The standard InChI is InChI=1S/C12H12O/c1-2-12-9-4-3-5(13)7(11(9)12)8-6(4)10(8)12/h1,4-11,13H,3H2/t4-,5-,6-,7-,8-,9+,10-,11-,12-/m1/s1. The van der Waals surface area contributed by atoms with Gasteiger partial charge in [0, 0.05) is 5.41 Å². The van der Waals surface area contributed by atoms with Gasteiger partial charge in [0.05, 0.1) is 6.10 Å². The largest absolute Gasteiger partial charge is 0.393 e. The highest BCUT2D eigenvalue weighted by Gasteiger charge is 2.96. The van der Waals surface area contributed by atoms with E-state index in [2.05, 4.69) is 5.92 Å². The fraction of sp³-hybridized carbons (Fsp3) is 0.833. The molecule has 2 bridgehead atoms. The van der Waals surface area contributed by atoms with Gasteiger partial charge in [0.1, 0.15) is 0 Å². The Hall–Kier alpha value is -0.480. The van der Waals surface area contributed by atoms with Gasteiger partial charge in [0.15, 0.2) is 0 Å². The second-order valence-electron chi connectivity index (χ2n) is 5.85. The lowest BCUT2D eigenvalue weighted by atomic mass is 9.69. The smallest absolute Gasteiger partial charge is 0.0577 e. The molecule has 0 unspecified atom stereocenters. The number of aliphatic hydroxyl groups excluding tert-OH is 1. The van der Waals surface area contributed by atoms with Gasteiger partial charge in [-0.3, -0.25) is 0 Å². The van der Waals surface area contributed by atoms with E-state index in [9.17, 15) is 5.11 Å².